The van der Waals surface area contributed by atoms with Gasteiger partial charge in [0.2, 0.25) is 0 Å². The van der Waals surface area contributed by atoms with E-state index in [0.717, 1.165) is 12.5 Å². The fourth-order valence-electron chi connectivity index (χ4n) is 1.60. The average Bonchev–Trinajstić information content (AvgIpc) is 2.74. The van der Waals surface area contributed by atoms with Crippen LogP contribution >= 0.6 is 21.4 Å². The first-order valence-corrected chi connectivity index (χ1v) is 8.25. The highest BCUT2D eigenvalue weighted by Crippen LogP contribution is 2.37. The summed E-state index contributed by atoms with van der Waals surface area (Å²) in [5.41, 5.74) is 0. The summed E-state index contributed by atoms with van der Waals surface area (Å²) in [6.45, 7) is 4.77. The Morgan fingerprint density at radius 2 is 1.81 bits per heavy atom. The Labute approximate surface area is 105 Å². The minimum Gasteiger partial charge on any atom is -0.348 e. The van der Waals surface area contributed by atoms with Crippen LogP contribution in [0.15, 0.2) is 0 Å². The molecule has 0 radical (unpaired) electrons. The molecule has 16 heavy (non-hydrogen) atoms. The zero-order valence-corrected chi connectivity index (χ0v) is 11.6. The van der Waals surface area contributed by atoms with Crippen molar-refractivity contribution in [1.82, 2.24) is 0 Å². The molecule has 0 N–H and O–H groups in total. The topological polar surface area (TPSA) is 52.6 Å². The van der Waals surface area contributed by atoms with Gasteiger partial charge in [0.1, 0.15) is 0 Å². The normalized spacial score (nSPS) is 28.4. The van der Waals surface area contributed by atoms with Gasteiger partial charge >= 0.3 is 8.26 Å². The lowest BCUT2D eigenvalue weighted by atomic mass is 10.2. The number of hydrogen-bond donors (Lipinski definition) is 0. The third-order valence-corrected chi connectivity index (χ3v) is 2.36. The fraction of sp³-hybridized carbons (Fsp3) is 1.00. The first-order valence-electron chi connectivity index (χ1n) is 5.12. The number of ether oxygens (including phenoxy) is 2. The van der Waals surface area contributed by atoms with E-state index in [1.165, 1.54) is 19.3 Å². The summed E-state index contributed by atoms with van der Waals surface area (Å²) in [6, 6.07) is 0. The van der Waals surface area contributed by atoms with Crippen LogP contribution < -0.4 is 0 Å². The third-order valence-electron chi connectivity index (χ3n) is 2.36. The van der Waals surface area contributed by atoms with Crippen LogP contribution in [-0.4, -0.2) is 26.9 Å². The number of rotatable bonds is 2. The Morgan fingerprint density at radius 3 is 2.12 bits per heavy atom. The first kappa shape index (κ1) is 14.5. The van der Waals surface area contributed by atoms with E-state index in [1.807, 2.05) is 13.8 Å². The summed E-state index contributed by atoms with van der Waals surface area (Å²) >= 11 is 0. The van der Waals surface area contributed by atoms with Crippen LogP contribution in [0, 0.1) is 5.92 Å². The molecule has 1 saturated carbocycles. The largest absolute Gasteiger partial charge is 0.348 e. The maximum atomic E-state index is 9.16. The van der Waals surface area contributed by atoms with E-state index in [4.69, 9.17) is 17.9 Å². The first-order chi connectivity index (χ1) is 7.16. The fourth-order valence-corrected chi connectivity index (χ4v) is 1.60. The third kappa shape index (κ3) is 7.68. The molecular weight excluding hydrogens is 275 g/mol. The SMILES string of the molecule is CC1(C)OC[C@H](CC2CC2)O1.O=S(=O)(Cl)Cl. The molecule has 0 aromatic heterocycles. The van der Waals surface area contributed by atoms with Gasteiger partial charge in [-0.05, 0) is 26.2 Å². The molecule has 0 bridgehead atoms. The van der Waals surface area contributed by atoms with E-state index in [-0.39, 0.29) is 5.79 Å². The van der Waals surface area contributed by atoms with E-state index in [0.29, 0.717) is 6.10 Å². The molecule has 4 nitrogen and oxygen atoms in total. The van der Waals surface area contributed by atoms with Gasteiger partial charge in [-0.15, -0.1) is 0 Å². The molecule has 0 aromatic carbocycles. The summed E-state index contributed by atoms with van der Waals surface area (Å²) in [6.07, 6.45) is 4.39. The second kappa shape index (κ2) is 5.40. The van der Waals surface area contributed by atoms with Gasteiger partial charge in [-0.3, -0.25) is 0 Å². The van der Waals surface area contributed by atoms with Crippen molar-refractivity contribution >= 4 is 29.6 Å². The molecule has 1 heterocycles. The van der Waals surface area contributed by atoms with Gasteiger partial charge in [-0.1, -0.05) is 12.8 Å². The van der Waals surface area contributed by atoms with E-state index < -0.39 is 8.26 Å². The molecule has 2 fully saturated rings. The summed E-state index contributed by atoms with van der Waals surface area (Å²) in [7, 11) is 4.81. The lowest BCUT2D eigenvalue weighted by molar-refractivity contribution is -0.139. The van der Waals surface area contributed by atoms with Gasteiger partial charge in [0, 0.05) is 21.4 Å². The van der Waals surface area contributed by atoms with E-state index >= 15 is 0 Å². The predicted octanol–water partition coefficient (Wildman–Crippen LogP) is 2.65. The molecule has 2 rings (SSSR count). The highest BCUT2D eigenvalue weighted by atomic mass is 36.0. The predicted molar refractivity (Wildman–Crippen MR) is 62.9 cm³/mol. The molecule has 0 unspecified atom stereocenters. The van der Waals surface area contributed by atoms with Gasteiger partial charge < -0.3 is 9.47 Å². The molecule has 7 heteroatoms. The van der Waals surface area contributed by atoms with E-state index in [1.54, 1.807) is 0 Å². The molecule has 1 atom stereocenters. The van der Waals surface area contributed by atoms with Gasteiger partial charge in [-0.2, -0.15) is 8.42 Å². The highest BCUT2D eigenvalue weighted by Gasteiger charge is 2.36. The molecule has 1 aliphatic heterocycles. The molecule has 0 spiro atoms. The smallest absolute Gasteiger partial charge is 0.317 e. The quantitative estimate of drug-likeness (QED) is 0.734. The Morgan fingerprint density at radius 1 is 1.31 bits per heavy atom. The molecule has 0 aromatic rings. The van der Waals surface area contributed by atoms with Crippen molar-refractivity contribution in [1.29, 1.82) is 0 Å². The minimum absolute atomic E-state index is 0.320. The van der Waals surface area contributed by atoms with Crippen LogP contribution in [0.3, 0.4) is 0 Å². The molecule has 1 saturated heterocycles. The minimum atomic E-state index is -3.72. The van der Waals surface area contributed by atoms with Gasteiger partial charge in [-0.25, -0.2) is 0 Å². The Hall–Kier alpha value is 0.450. The van der Waals surface area contributed by atoms with Crippen molar-refractivity contribution in [3.63, 3.8) is 0 Å². The monoisotopic (exact) mass is 290 g/mol. The summed E-state index contributed by atoms with van der Waals surface area (Å²) in [5.74, 6) is 0.622. The standard InChI is InChI=1S/C9H16O2.Cl2O2S/c1-9(2)10-6-8(11-9)5-7-3-4-7;1-5(2,3)4/h7-8H,3-6H2,1-2H3;/t8-;/m0./s1. The molecule has 2 aliphatic rings. The lowest BCUT2D eigenvalue weighted by Crippen LogP contribution is -2.21. The zero-order valence-electron chi connectivity index (χ0n) is 9.28. The van der Waals surface area contributed by atoms with Crippen molar-refractivity contribution in [2.75, 3.05) is 6.61 Å². The highest BCUT2D eigenvalue weighted by molar-refractivity contribution is 8.31. The number of halogens is 2. The molecule has 1 aliphatic carbocycles. The van der Waals surface area contributed by atoms with E-state index in [2.05, 4.69) is 21.4 Å². The van der Waals surface area contributed by atoms with Crippen molar-refractivity contribution in [3.8, 4) is 0 Å². The lowest BCUT2D eigenvalue weighted by Gasteiger charge is -2.16. The number of hydrogen-bond acceptors (Lipinski definition) is 4. The van der Waals surface area contributed by atoms with Crippen LogP contribution in [0.2, 0.25) is 0 Å². The van der Waals surface area contributed by atoms with Crippen LogP contribution in [-0.2, 0) is 17.7 Å². The van der Waals surface area contributed by atoms with Crippen LogP contribution in [0.25, 0.3) is 0 Å². The Kier molecular flexibility index (Phi) is 4.89. The zero-order chi connectivity index (χ0) is 12.4. The van der Waals surface area contributed by atoms with Gasteiger partial charge in [0.25, 0.3) is 0 Å². The summed E-state index contributed by atoms with van der Waals surface area (Å²) in [4.78, 5) is 0. The molecule has 96 valence electrons. The molecular formula is C9H16Cl2O4S. The van der Waals surface area contributed by atoms with Crippen molar-refractivity contribution in [2.24, 2.45) is 5.92 Å². The van der Waals surface area contributed by atoms with Crippen LogP contribution in [0.1, 0.15) is 33.1 Å². The van der Waals surface area contributed by atoms with Crippen LogP contribution in [0.5, 0.6) is 0 Å². The van der Waals surface area contributed by atoms with Gasteiger partial charge in [0.05, 0.1) is 12.7 Å². The summed E-state index contributed by atoms with van der Waals surface area (Å²) < 4.78 is 29.5. The summed E-state index contributed by atoms with van der Waals surface area (Å²) in [5, 5.41) is 0. The maximum absolute atomic E-state index is 9.16. The van der Waals surface area contributed by atoms with E-state index in [9.17, 15) is 0 Å². The Bertz CT molecular complexity index is 316. The van der Waals surface area contributed by atoms with Crippen molar-refractivity contribution in [2.45, 2.75) is 45.0 Å². The maximum Gasteiger partial charge on any atom is 0.317 e. The average molecular weight is 291 g/mol. The van der Waals surface area contributed by atoms with Crippen molar-refractivity contribution in [3.05, 3.63) is 0 Å². The second-order valence-corrected chi connectivity index (χ2v) is 8.18. The van der Waals surface area contributed by atoms with Crippen LogP contribution in [0.4, 0.5) is 0 Å². The second-order valence-electron chi connectivity index (χ2n) is 4.51. The van der Waals surface area contributed by atoms with Gasteiger partial charge in [0.15, 0.2) is 5.79 Å². The Balaban J connectivity index is 0.000000221. The van der Waals surface area contributed by atoms with Crippen molar-refractivity contribution < 1.29 is 17.9 Å². The molecule has 0 amide bonds.